The highest BCUT2D eigenvalue weighted by Gasteiger charge is 2.23. The highest BCUT2D eigenvalue weighted by molar-refractivity contribution is 7.89. The molecule has 1 heterocycles. The van der Waals surface area contributed by atoms with E-state index in [1.54, 1.807) is 59.7 Å². The normalized spacial score (nSPS) is 11.9. The van der Waals surface area contributed by atoms with Gasteiger partial charge in [-0.3, -0.25) is 0 Å². The van der Waals surface area contributed by atoms with Crippen LogP contribution in [0.5, 0.6) is 0 Å². The van der Waals surface area contributed by atoms with Crippen molar-refractivity contribution >= 4 is 54.0 Å². The Bertz CT molecular complexity index is 1550. The van der Waals surface area contributed by atoms with Crippen molar-refractivity contribution in [3.63, 3.8) is 0 Å². The van der Waals surface area contributed by atoms with Gasteiger partial charge in [-0.25, -0.2) is 9.66 Å². The molecule has 0 aliphatic heterocycles. The van der Waals surface area contributed by atoms with Crippen LogP contribution in [-0.2, 0) is 20.0 Å². The number of furan rings is 1. The maximum absolute atomic E-state index is 12.7. The van der Waals surface area contributed by atoms with Crippen LogP contribution in [0.25, 0.3) is 22.3 Å². The predicted molar refractivity (Wildman–Crippen MR) is 134 cm³/mol. The Morgan fingerprint density at radius 1 is 0.824 bits per heavy atom. The van der Waals surface area contributed by atoms with Crippen LogP contribution in [0, 0.1) is 13.8 Å². The molecule has 0 aliphatic rings. The number of benzene rings is 2. The van der Waals surface area contributed by atoms with Gasteiger partial charge in [-0.15, -0.1) is 0 Å². The van der Waals surface area contributed by atoms with Crippen molar-refractivity contribution in [3.8, 4) is 11.3 Å². The Morgan fingerprint density at radius 3 is 1.88 bits per heavy atom. The molecule has 3 rings (SSSR count). The van der Waals surface area contributed by atoms with E-state index in [0.717, 1.165) is 0 Å². The smallest absolute Gasteiger partial charge is 0.276 e. The third-order valence-corrected chi connectivity index (χ3v) is 7.81. The quantitative estimate of drug-likeness (QED) is 0.341. The summed E-state index contributed by atoms with van der Waals surface area (Å²) in [6.45, 7) is 9.96. The first-order valence-corrected chi connectivity index (χ1v) is 13.5. The van der Waals surface area contributed by atoms with Gasteiger partial charge >= 0.3 is 0 Å². The summed E-state index contributed by atoms with van der Waals surface area (Å²) >= 11 is 6.58. The molecule has 0 saturated heterocycles. The third kappa shape index (κ3) is 5.26. The van der Waals surface area contributed by atoms with Crippen LogP contribution in [0.3, 0.4) is 0 Å². The molecular formula is C22H25ClN4O5S2. The lowest BCUT2D eigenvalue weighted by Crippen LogP contribution is -2.20. The molecule has 0 atom stereocenters. The molecule has 0 unspecified atom stereocenters. The number of hydrogen-bond acceptors (Lipinski definition) is 7. The fourth-order valence-corrected chi connectivity index (χ4v) is 5.73. The number of sulfonamides is 2. The average molecular weight is 525 g/mol. The van der Waals surface area contributed by atoms with Crippen molar-refractivity contribution in [3.05, 3.63) is 46.5 Å². The summed E-state index contributed by atoms with van der Waals surface area (Å²) in [6, 6.07) is 7.72. The second kappa shape index (κ2) is 9.40. The first-order chi connectivity index (χ1) is 15.7. The first-order valence-electron chi connectivity index (χ1n) is 10.1. The fourth-order valence-electron chi connectivity index (χ4n) is 3.10. The van der Waals surface area contributed by atoms with Crippen LogP contribution >= 0.6 is 11.6 Å². The number of aryl methyl sites for hydroxylation is 2. The van der Waals surface area contributed by atoms with Gasteiger partial charge in [-0.05, 0) is 70.9 Å². The molecule has 0 bridgehead atoms. The van der Waals surface area contributed by atoms with E-state index in [9.17, 15) is 16.8 Å². The minimum absolute atomic E-state index is 0.00317. The summed E-state index contributed by atoms with van der Waals surface area (Å²) < 4.78 is 56.8. The van der Waals surface area contributed by atoms with Crippen molar-refractivity contribution < 1.29 is 21.3 Å². The van der Waals surface area contributed by atoms with E-state index >= 15 is 0 Å². The minimum Gasteiger partial charge on any atom is -0.454 e. The van der Waals surface area contributed by atoms with E-state index in [2.05, 4.69) is 19.9 Å². The lowest BCUT2D eigenvalue weighted by Gasteiger charge is -2.09. The van der Waals surface area contributed by atoms with Gasteiger partial charge in [0.2, 0.25) is 0 Å². The van der Waals surface area contributed by atoms with Crippen molar-refractivity contribution in [2.75, 3.05) is 0 Å². The van der Waals surface area contributed by atoms with Crippen molar-refractivity contribution in [2.45, 2.75) is 51.3 Å². The molecule has 34 heavy (non-hydrogen) atoms. The van der Waals surface area contributed by atoms with Gasteiger partial charge in [0, 0.05) is 22.4 Å². The van der Waals surface area contributed by atoms with Crippen LogP contribution < -0.4 is 9.66 Å². The molecule has 3 aromatic rings. The molecule has 1 aromatic heterocycles. The lowest BCUT2D eigenvalue weighted by molar-refractivity contribution is 0.582. The number of rotatable bonds is 7. The van der Waals surface area contributed by atoms with Gasteiger partial charge in [-0.1, -0.05) is 23.7 Å². The summed E-state index contributed by atoms with van der Waals surface area (Å²) in [5.74, 6) is 0.215. The first kappa shape index (κ1) is 25.7. The minimum atomic E-state index is -3.93. The van der Waals surface area contributed by atoms with Crippen LogP contribution in [0.4, 0.5) is 0 Å². The highest BCUT2D eigenvalue weighted by atomic mass is 35.5. The van der Waals surface area contributed by atoms with E-state index in [4.69, 9.17) is 16.0 Å². The summed E-state index contributed by atoms with van der Waals surface area (Å²) in [6.07, 6.45) is 0. The summed E-state index contributed by atoms with van der Waals surface area (Å²) in [5, 5.41) is 8.11. The standard InChI is InChI=1S/C22H25ClN4O5S2/c1-12(2)24-26-33(28,29)19-10-16(8-7-14(19)5)22-21(23)17-11-20(15(6)9-18(17)32-22)34(30,31)27-25-13(3)4/h7-11,26-27H,1-6H3. The monoisotopic (exact) mass is 524 g/mol. The maximum Gasteiger partial charge on any atom is 0.276 e. The summed E-state index contributed by atoms with van der Waals surface area (Å²) in [5.41, 5.74) is 2.81. The van der Waals surface area contributed by atoms with Gasteiger partial charge in [0.05, 0.1) is 14.8 Å². The fraction of sp³-hybridized carbons (Fsp3) is 0.273. The topological polar surface area (TPSA) is 130 Å². The molecular weight excluding hydrogens is 500 g/mol. The molecule has 0 amide bonds. The van der Waals surface area contributed by atoms with Crippen molar-refractivity contribution in [1.82, 2.24) is 9.66 Å². The summed E-state index contributed by atoms with van der Waals surface area (Å²) in [4.78, 5) is 4.41. The van der Waals surface area contributed by atoms with E-state index in [1.807, 2.05) is 0 Å². The second-order valence-corrected chi connectivity index (χ2v) is 11.8. The molecule has 0 saturated carbocycles. The second-order valence-electron chi connectivity index (χ2n) is 8.15. The molecule has 182 valence electrons. The Hall–Kier alpha value is -2.89. The molecule has 2 N–H and O–H groups in total. The molecule has 0 spiro atoms. The van der Waals surface area contributed by atoms with E-state index < -0.39 is 20.0 Å². The number of nitrogens with zero attached hydrogens (tertiary/aromatic N) is 2. The molecule has 0 fully saturated rings. The van der Waals surface area contributed by atoms with E-state index in [0.29, 0.717) is 39.1 Å². The largest absolute Gasteiger partial charge is 0.454 e. The summed E-state index contributed by atoms with van der Waals surface area (Å²) in [7, 11) is -7.86. The van der Waals surface area contributed by atoms with Crippen LogP contribution in [0.2, 0.25) is 5.02 Å². The van der Waals surface area contributed by atoms with Gasteiger partial charge in [-0.2, -0.15) is 27.0 Å². The highest BCUT2D eigenvalue weighted by Crippen LogP contribution is 2.40. The zero-order chi connectivity index (χ0) is 25.4. The Balaban J connectivity index is 2.15. The van der Waals surface area contributed by atoms with E-state index in [-0.39, 0.29) is 20.6 Å². The van der Waals surface area contributed by atoms with Gasteiger partial charge in [0.25, 0.3) is 20.0 Å². The lowest BCUT2D eigenvalue weighted by atomic mass is 10.1. The number of fused-ring (bicyclic) bond motifs is 1. The Kier molecular flexibility index (Phi) is 7.11. The molecule has 2 aromatic carbocycles. The van der Waals surface area contributed by atoms with E-state index in [1.165, 1.54) is 12.1 Å². The average Bonchev–Trinajstić information content (AvgIpc) is 3.06. The Labute approximate surface area is 204 Å². The third-order valence-electron chi connectivity index (χ3n) is 4.73. The zero-order valence-electron chi connectivity index (χ0n) is 19.5. The van der Waals surface area contributed by atoms with Crippen molar-refractivity contribution in [1.29, 1.82) is 0 Å². The van der Waals surface area contributed by atoms with Crippen LogP contribution in [0.15, 0.2) is 54.7 Å². The van der Waals surface area contributed by atoms with Gasteiger partial charge in [0.15, 0.2) is 5.76 Å². The maximum atomic E-state index is 12.7. The predicted octanol–water partition coefficient (Wildman–Crippen LogP) is 4.72. The number of hydrogen-bond donors (Lipinski definition) is 2. The number of hydrazone groups is 2. The van der Waals surface area contributed by atoms with Crippen LogP contribution in [-0.4, -0.2) is 28.3 Å². The number of nitrogens with one attached hydrogen (secondary N) is 2. The van der Waals surface area contributed by atoms with Gasteiger partial charge in [0.1, 0.15) is 5.58 Å². The van der Waals surface area contributed by atoms with Crippen LogP contribution in [0.1, 0.15) is 38.8 Å². The zero-order valence-corrected chi connectivity index (χ0v) is 21.9. The van der Waals surface area contributed by atoms with Gasteiger partial charge < -0.3 is 4.42 Å². The number of halogens is 1. The van der Waals surface area contributed by atoms with Crippen molar-refractivity contribution in [2.24, 2.45) is 10.2 Å². The molecule has 0 aliphatic carbocycles. The Morgan fingerprint density at radius 2 is 1.35 bits per heavy atom. The molecule has 12 heteroatoms. The molecule has 9 nitrogen and oxygen atoms in total. The molecule has 0 radical (unpaired) electrons. The SMILES string of the molecule is CC(C)=NNS(=O)(=O)c1cc(-c2oc3cc(C)c(S(=O)(=O)NN=C(C)C)cc3c2Cl)ccc1C.